The minimum atomic E-state index is 0.422. The van der Waals surface area contributed by atoms with Gasteiger partial charge in [-0.05, 0) is 42.8 Å². The Bertz CT molecular complexity index is 563. The van der Waals surface area contributed by atoms with Crippen LogP contribution in [0.2, 0.25) is 5.02 Å². The van der Waals surface area contributed by atoms with E-state index in [4.69, 9.17) is 22.1 Å². The van der Waals surface area contributed by atoms with Crippen molar-refractivity contribution < 1.29 is 4.74 Å². The van der Waals surface area contributed by atoms with Crippen LogP contribution in [-0.2, 0) is 13.0 Å². The van der Waals surface area contributed by atoms with E-state index in [1.165, 1.54) is 0 Å². The van der Waals surface area contributed by atoms with Gasteiger partial charge in [-0.25, -0.2) is 0 Å². The summed E-state index contributed by atoms with van der Waals surface area (Å²) in [4.78, 5) is 3.94. The molecule has 19 heavy (non-hydrogen) atoms. The zero-order valence-corrected chi connectivity index (χ0v) is 12.6. The van der Waals surface area contributed by atoms with Crippen LogP contribution < -0.4 is 10.5 Å². The van der Waals surface area contributed by atoms with Crippen molar-refractivity contribution in [3.63, 3.8) is 0 Å². The van der Waals surface area contributed by atoms with Gasteiger partial charge < -0.3 is 10.5 Å². The van der Waals surface area contributed by atoms with E-state index in [0.717, 1.165) is 27.8 Å². The highest BCUT2D eigenvalue weighted by Crippen LogP contribution is 2.24. The molecule has 1 aromatic heterocycles. The third kappa shape index (κ3) is 3.93. The molecule has 0 saturated carbocycles. The van der Waals surface area contributed by atoms with Crippen molar-refractivity contribution in [2.45, 2.75) is 13.0 Å². The average molecular weight is 342 g/mol. The van der Waals surface area contributed by atoms with Crippen molar-refractivity contribution in [3.8, 4) is 5.75 Å². The quantitative estimate of drug-likeness (QED) is 0.904. The van der Waals surface area contributed by atoms with Crippen molar-refractivity contribution in [1.29, 1.82) is 0 Å². The lowest BCUT2D eigenvalue weighted by molar-refractivity contribution is 0.306. The summed E-state index contributed by atoms with van der Waals surface area (Å²) < 4.78 is 6.79. The van der Waals surface area contributed by atoms with E-state index in [-0.39, 0.29) is 0 Å². The van der Waals surface area contributed by atoms with Gasteiger partial charge in [0.25, 0.3) is 0 Å². The van der Waals surface area contributed by atoms with E-state index >= 15 is 0 Å². The number of halogens is 2. The van der Waals surface area contributed by atoms with Crippen molar-refractivity contribution >= 4 is 27.5 Å². The van der Waals surface area contributed by atoms with Crippen LogP contribution in [0.5, 0.6) is 5.75 Å². The first-order chi connectivity index (χ1) is 9.20. The molecule has 1 heterocycles. The highest BCUT2D eigenvalue weighted by Gasteiger charge is 2.04. The van der Waals surface area contributed by atoms with Gasteiger partial charge in [0, 0.05) is 22.4 Å². The lowest BCUT2D eigenvalue weighted by Crippen LogP contribution is -2.04. The monoisotopic (exact) mass is 340 g/mol. The van der Waals surface area contributed by atoms with Gasteiger partial charge in [-0.1, -0.05) is 27.5 Å². The lowest BCUT2D eigenvalue weighted by atomic mass is 10.1. The summed E-state index contributed by atoms with van der Waals surface area (Å²) in [5.74, 6) is 0.805. The third-order valence-electron chi connectivity index (χ3n) is 2.68. The first-order valence-corrected chi connectivity index (χ1v) is 7.07. The van der Waals surface area contributed by atoms with Crippen LogP contribution >= 0.6 is 27.5 Å². The second-order valence-corrected chi connectivity index (χ2v) is 5.31. The summed E-state index contributed by atoms with van der Waals surface area (Å²) in [5.41, 5.74) is 7.63. The van der Waals surface area contributed by atoms with Crippen molar-refractivity contribution in [3.05, 3.63) is 57.3 Å². The van der Waals surface area contributed by atoms with Gasteiger partial charge in [-0.15, -0.1) is 0 Å². The molecule has 2 aromatic rings. The number of ether oxygens (including phenoxy) is 1. The van der Waals surface area contributed by atoms with Crippen LogP contribution in [-0.4, -0.2) is 11.5 Å². The molecule has 0 unspecified atom stereocenters. The van der Waals surface area contributed by atoms with E-state index in [1.54, 1.807) is 12.4 Å². The normalized spacial score (nSPS) is 10.5. The summed E-state index contributed by atoms with van der Waals surface area (Å²) in [6.07, 6.45) is 4.13. The molecule has 2 rings (SSSR count). The van der Waals surface area contributed by atoms with Crippen LogP contribution in [0.3, 0.4) is 0 Å². The first-order valence-electron chi connectivity index (χ1n) is 5.90. The molecular formula is C14H14BrClN2O. The Balaban J connectivity index is 2.07. The van der Waals surface area contributed by atoms with Crippen LogP contribution in [0.25, 0.3) is 0 Å². The zero-order valence-electron chi connectivity index (χ0n) is 10.3. The maximum atomic E-state index is 6.03. The highest BCUT2D eigenvalue weighted by molar-refractivity contribution is 9.10. The van der Waals surface area contributed by atoms with E-state index < -0.39 is 0 Å². The molecule has 0 radical (unpaired) electrons. The minimum absolute atomic E-state index is 0.422. The van der Waals surface area contributed by atoms with E-state index in [1.807, 2.05) is 24.3 Å². The third-order valence-corrected chi connectivity index (χ3v) is 3.80. The fourth-order valence-corrected chi connectivity index (χ4v) is 2.29. The molecule has 0 aliphatic heterocycles. The van der Waals surface area contributed by atoms with Crippen LogP contribution in [0.1, 0.15) is 11.1 Å². The summed E-state index contributed by atoms with van der Waals surface area (Å²) in [5, 5.41) is 0.613. The van der Waals surface area contributed by atoms with Crippen molar-refractivity contribution in [2.24, 2.45) is 5.73 Å². The maximum Gasteiger partial charge on any atom is 0.120 e. The van der Waals surface area contributed by atoms with Crippen molar-refractivity contribution in [1.82, 2.24) is 4.98 Å². The van der Waals surface area contributed by atoms with E-state index in [9.17, 15) is 0 Å². The summed E-state index contributed by atoms with van der Waals surface area (Å²) in [6.45, 7) is 1.03. The molecule has 0 atom stereocenters. The van der Waals surface area contributed by atoms with Crippen LogP contribution in [0, 0.1) is 0 Å². The molecule has 3 nitrogen and oxygen atoms in total. The van der Waals surface area contributed by atoms with Crippen LogP contribution in [0.4, 0.5) is 0 Å². The number of hydrogen-bond acceptors (Lipinski definition) is 3. The SMILES string of the molecule is NCCc1cc(OCc2ccncc2Cl)ccc1Br. The molecule has 5 heteroatoms. The highest BCUT2D eigenvalue weighted by atomic mass is 79.9. The van der Waals surface area contributed by atoms with Gasteiger partial charge in [-0.2, -0.15) is 0 Å². The topological polar surface area (TPSA) is 48.1 Å². The Morgan fingerprint density at radius 3 is 2.84 bits per heavy atom. The predicted molar refractivity (Wildman–Crippen MR) is 80.5 cm³/mol. The zero-order chi connectivity index (χ0) is 13.7. The molecular weight excluding hydrogens is 328 g/mol. The Kier molecular flexibility index (Phi) is 5.19. The van der Waals surface area contributed by atoms with Gasteiger partial charge in [0.2, 0.25) is 0 Å². The minimum Gasteiger partial charge on any atom is -0.489 e. The van der Waals surface area contributed by atoms with Gasteiger partial charge in [-0.3, -0.25) is 4.98 Å². The molecule has 0 fully saturated rings. The van der Waals surface area contributed by atoms with Gasteiger partial charge in [0.1, 0.15) is 12.4 Å². The molecule has 1 aromatic carbocycles. The number of rotatable bonds is 5. The van der Waals surface area contributed by atoms with E-state index in [0.29, 0.717) is 18.2 Å². The average Bonchev–Trinajstić information content (AvgIpc) is 2.41. The molecule has 0 aliphatic rings. The smallest absolute Gasteiger partial charge is 0.120 e. The summed E-state index contributed by atoms with van der Waals surface area (Å²) in [6, 6.07) is 7.72. The van der Waals surface area contributed by atoms with Gasteiger partial charge in [0.05, 0.1) is 5.02 Å². The second-order valence-electron chi connectivity index (χ2n) is 4.05. The summed E-state index contributed by atoms with van der Waals surface area (Å²) >= 11 is 9.53. The molecule has 0 amide bonds. The Morgan fingerprint density at radius 1 is 1.26 bits per heavy atom. The largest absolute Gasteiger partial charge is 0.489 e. The molecule has 0 bridgehead atoms. The Hall–Kier alpha value is -1.10. The number of nitrogens with zero attached hydrogens (tertiary/aromatic N) is 1. The Labute approximate surface area is 125 Å². The van der Waals surface area contributed by atoms with Gasteiger partial charge in [0.15, 0.2) is 0 Å². The maximum absolute atomic E-state index is 6.03. The number of benzene rings is 1. The standard InChI is InChI=1S/C14H14BrClN2O/c15-13-2-1-12(7-10(13)3-5-17)19-9-11-4-6-18-8-14(11)16/h1-2,4,6-8H,3,5,9,17H2. The molecule has 0 aliphatic carbocycles. The molecule has 100 valence electrons. The molecule has 0 spiro atoms. The van der Waals surface area contributed by atoms with Crippen LogP contribution in [0.15, 0.2) is 41.1 Å². The van der Waals surface area contributed by atoms with E-state index in [2.05, 4.69) is 20.9 Å². The summed E-state index contributed by atoms with van der Waals surface area (Å²) in [7, 11) is 0. The fourth-order valence-electron chi connectivity index (χ4n) is 1.67. The molecule has 2 N–H and O–H groups in total. The first kappa shape index (κ1) is 14.3. The lowest BCUT2D eigenvalue weighted by Gasteiger charge is -2.10. The predicted octanol–water partition coefficient (Wildman–Crippen LogP) is 3.58. The Morgan fingerprint density at radius 2 is 2.11 bits per heavy atom. The number of hydrogen-bond donors (Lipinski definition) is 1. The number of pyridine rings is 1. The number of nitrogens with two attached hydrogens (primary N) is 1. The number of aromatic nitrogens is 1. The van der Waals surface area contributed by atoms with Crippen molar-refractivity contribution in [2.75, 3.05) is 6.54 Å². The second kappa shape index (κ2) is 6.89. The molecule has 0 saturated heterocycles. The fraction of sp³-hybridized carbons (Fsp3) is 0.214. The van der Waals surface area contributed by atoms with Gasteiger partial charge >= 0.3 is 0 Å².